The Bertz CT molecular complexity index is 479. The summed E-state index contributed by atoms with van der Waals surface area (Å²) >= 11 is 0. The van der Waals surface area contributed by atoms with E-state index in [4.69, 9.17) is 18.9 Å². The summed E-state index contributed by atoms with van der Waals surface area (Å²) in [6.07, 6.45) is 2.02. The predicted molar refractivity (Wildman–Crippen MR) is 71.3 cm³/mol. The van der Waals surface area contributed by atoms with Gasteiger partial charge >= 0.3 is 0 Å². The molecule has 3 rings (SSSR count). The van der Waals surface area contributed by atoms with E-state index in [1.807, 2.05) is 0 Å². The Labute approximate surface area is 117 Å². The zero-order valence-electron chi connectivity index (χ0n) is 11.3. The van der Waals surface area contributed by atoms with Gasteiger partial charge in [0.2, 0.25) is 6.79 Å². The van der Waals surface area contributed by atoms with Crippen LogP contribution >= 0.6 is 0 Å². The Morgan fingerprint density at radius 1 is 1.20 bits per heavy atom. The highest BCUT2D eigenvalue weighted by Crippen LogP contribution is 2.32. The van der Waals surface area contributed by atoms with E-state index in [1.165, 1.54) is 0 Å². The largest absolute Gasteiger partial charge is 0.454 e. The standard InChI is InChI=1S/C15H18O5/c16-13(9-18-8-11-3-5-17-6-4-11)12-1-2-14-15(7-12)20-10-19-14/h1-2,7,11H,3-6,8-10H2. The maximum absolute atomic E-state index is 12.0. The number of carbonyl (C=O) groups excluding carboxylic acids is 1. The second-order valence-corrected chi connectivity index (χ2v) is 5.06. The van der Waals surface area contributed by atoms with Crippen LogP contribution in [0.1, 0.15) is 23.2 Å². The Morgan fingerprint density at radius 3 is 2.85 bits per heavy atom. The summed E-state index contributed by atoms with van der Waals surface area (Å²) in [4.78, 5) is 12.0. The highest BCUT2D eigenvalue weighted by Gasteiger charge is 2.17. The second-order valence-electron chi connectivity index (χ2n) is 5.06. The molecular formula is C15H18O5. The van der Waals surface area contributed by atoms with Crippen molar-refractivity contribution in [2.24, 2.45) is 5.92 Å². The van der Waals surface area contributed by atoms with Crippen LogP contribution in [0.4, 0.5) is 0 Å². The molecule has 2 aliphatic rings. The molecule has 1 aromatic carbocycles. The molecule has 20 heavy (non-hydrogen) atoms. The van der Waals surface area contributed by atoms with E-state index in [2.05, 4.69) is 0 Å². The van der Waals surface area contributed by atoms with Crippen molar-refractivity contribution in [2.45, 2.75) is 12.8 Å². The number of rotatable bonds is 5. The summed E-state index contributed by atoms with van der Waals surface area (Å²) in [6.45, 7) is 2.54. The van der Waals surface area contributed by atoms with E-state index in [-0.39, 0.29) is 19.2 Å². The van der Waals surface area contributed by atoms with Crippen molar-refractivity contribution in [3.63, 3.8) is 0 Å². The van der Waals surface area contributed by atoms with E-state index in [1.54, 1.807) is 18.2 Å². The van der Waals surface area contributed by atoms with Crippen molar-refractivity contribution in [3.8, 4) is 11.5 Å². The van der Waals surface area contributed by atoms with Crippen LogP contribution < -0.4 is 9.47 Å². The number of ether oxygens (including phenoxy) is 4. The monoisotopic (exact) mass is 278 g/mol. The molecule has 2 heterocycles. The first-order chi connectivity index (χ1) is 9.83. The van der Waals surface area contributed by atoms with Gasteiger partial charge in [-0.25, -0.2) is 0 Å². The molecular weight excluding hydrogens is 260 g/mol. The summed E-state index contributed by atoms with van der Waals surface area (Å²) in [5.74, 6) is 1.79. The van der Waals surface area contributed by atoms with Gasteiger partial charge in [-0.1, -0.05) is 0 Å². The molecule has 1 aromatic rings. The minimum absolute atomic E-state index is 0.0321. The Balaban J connectivity index is 1.49. The zero-order chi connectivity index (χ0) is 13.8. The van der Waals surface area contributed by atoms with Crippen molar-refractivity contribution in [1.82, 2.24) is 0 Å². The molecule has 5 heteroatoms. The summed E-state index contributed by atoms with van der Waals surface area (Å²) in [7, 11) is 0. The maximum atomic E-state index is 12.0. The minimum atomic E-state index is -0.0321. The van der Waals surface area contributed by atoms with Crippen molar-refractivity contribution in [1.29, 1.82) is 0 Å². The van der Waals surface area contributed by atoms with Crippen LogP contribution in [0.3, 0.4) is 0 Å². The van der Waals surface area contributed by atoms with Gasteiger partial charge in [-0.2, -0.15) is 0 Å². The van der Waals surface area contributed by atoms with Crippen LogP contribution in [0, 0.1) is 5.92 Å². The van der Waals surface area contributed by atoms with Crippen molar-refractivity contribution in [2.75, 3.05) is 33.2 Å². The Hall–Kier alpha value is -1.59. The molecule has 0 aliphatic carbocycles. The predicted octanol–water partition coefficient (Wildman–Crippen LogP) is 2.04. The lowest BCUT2D eigenvalue weighted by atomic mass is 10.0. The lowest BCUT2D eigenvalue weighted by Gasteiger charge is -2.21. The number of hydrogen-bond donors (Lipinski definition) is 0. The molecule has 0 aromatic heterocycles. The SMILES string of the molecule is O=C(COCC1CCOCC1)c1ccc2c(c1)OCO2. The minimum Gasteiger partial charge on any atom is -0.454 e. The molecule has 0 saturated carbocycles. The molecule has 0 amide bonds. The third-order valence-electron chi connectivity index (χ3n) is 3.62. The van der Waals surface area contributed by atoms with Crippen LogP contribution in [0.25, 0.3) is 0 Å². The van der Waals surface area contributed by atoms with E-state index in [9.17, 15) is 4.79 Å². The fourth-order valence-electron chi connectivity index (χ4n) is 2.38. The first kappa shape index (κ1) is 13.4. The smallest absolute Gasteiger partial charge is 0.231 e. The topological polar surface area (TPSA) is 54.0 Å². The first-order valence-corrected chi connectivity index (χ1v) is 6.91. The molecule has 1 fully saturated rings. The van der Waals surface area contributed by atoms with Gasteiger partial charge in [0.15, 0.2) is 17.3 Å². The van der Waals surface area contributed by atoms with Gasteiger partial charge < -0.3 is 18.9 Å². The average molecular weight is 278 g/mol. The molecule has 5 nitrogen and oxygen atoms in total. The molecule has 2 aliphatic heterocycles. The summed E-state index contributed by atoms with van der Waals surface area (Å²) in [5.41, 5.74) is 0.598. The van der Waals surface area contributed by atoms with Crippen LogP contribution in [0.2, 0.25) is 0 Å². The molecule has 1 saturated heterocycles. The number of ketones is 1. The maximum Gasteiger partial charge on any atom is 0.231 e. The summed E-state index contributed by atoms with van der Waals surface area (Å²) in [6, 6.07) is 5.21. The highest BCUT2D eigenvalue weighted by molar-refractivity contribution is 5.97. The quantitative estimate of drug-likeness (QED) is 0.771. The van der Waals surface area contributed by atoms with Gasteiger partial charge in [0, 0.05) is 18.8 Å². The van der Waals surface area contributed by atoms with Crippen LogP contribution in [-0.4, -0.2) is 39.0 Å². The number of carbonyl (C=O) groups is 1. The highest BCUT2D eigenvalue weighted by atomic mass is 16.7. The number of hydrogen-bond acceptors (Lipinski definition) is 5. The number of Topliss-reactive ketones (excluding diaryl/α,β-unsaturated/α-hetero) is 1. The van der Waals surface area contributed by atoms with Crippen molar-refractivity contribution in [3.05, 3.63) is 23.8 Å². The Kier molecular flexibility index (Phi) is 4.18. The van der Waals surface area contributed by atoms with E-state index >= 15 is 0 Å². The van der Waals surface area contributed by atoms with Gasteiger partial charge in [0.1, 0.15) is 6.61 Å². The fraction of sp³-hybridized carbons (Fsp3) is 0.533. The average Bonchev–Trinajstić information content (AvgIpc) is 2.95. The third kappa shape index (κ3) is 3.11. The normalized spacial score (nSPS) is 18.2. The molecule has 0 spiro atoms. The molecule has 0 N–H and O–H groups in total. The van der Waals surface area contributed by atoms with Crippen molar-refractivity contribution >= 4 is 5.78 Å². The molecule has 108 valence electrons. The van der Waals surface area contributed by atoms with Crippen LogP contribution in [0.15, 0.2) is 18.2 Å². The lowest BCUT2D eigenvalue weighted by molar-refractivity contribution is 0.0216. The van der Waals surface area contributed by atoms with Crippen molar-refractivity contribution < 1.29 is 23.7 Å². The van der Waals surface area contributed by atoms with E-state index < -0.39 is 0 Å². The first-order valence-electron chi connectivity index (χ1n) is 6.91. The fourth-order valence-corrected chi connectivity index (χ4v) is 2.38. The molecule has 0 atom stereocenters. The third-order valence-corrected chi connectivity index (χ3v) is 3.62. The molecule has 0 bridgehead atoms. The van der Waals surface area contributed by atoms with Gasteiger partial charge in [0.05, 0.1) is 6.61 Å². The second kappa shape index (κ2) is 6.24. The zero-order valence-corrected chi connectivity index (χ0v) is 11.3. The number of benzene rings is 1. The summed E-state index contributed by atoms with van der Waals surface area (Å²) < 4.78 is 21.3. The van der Waals surface area contributed by atoms with Crippen LogP contribution in [0.5, 0.6) is 11.5 Å². The van der Waals surface area contributed by atoms with Gasteiger partial charge in [-0.3, -0.25) is 4.79 Å². The number of fused-ring (bicyclic) bond motifs is 1. The van der Waals surface area contributed by atoms with Gasteiger partial charge in [-0.05, 0) is 37.0 Å². The molecule has 0 unspecified atom stereocenters. The summed E-state index contributed by atoms with van der Waals surface area (Å²) in [5, 5.41) is 0. The van der Waals surface area contributed by atoms with E-state index in [0.717, 1.165) is 26.1 Å². The van der Waals surface area contributed by atoms with E-state index in [0.29, 0.717) is 29.6 Å². The van der Waals surface area contributed by atoms with Crippen LogP contribution in [-0.2, 0) is 9.47 Å². The Morgan fingerprint density at radius 2 is 2.00 bits per heavy atom. The van der Waals surface area contributed by atoms with Gasteiger partial charge in [0.25, 0.3) is 0 Å². The lowest BCUT2D eigenvalue weighted by Crippen LogP contribution is -2.21. The molecule has 0 radical (unpaired) electrons. The van der Waals surface area contributed by atoms with Gasteiger partial charge in [-0.15, -0.1) is 0 Å².